The predicted octanol–water partition coefficient (Wildman–Crippen LogP) is 2.10. The van der Waals surface area contributed by atoms with Gasteiger partial charge in [-0.1, -0.05) is 6.07 Å². The van der Waals surface area contributed by atoms with E-state index in [9.17, 15) is 4.79 Å². The number of ether oxygens (including phenoxy) is 1. The van der Waals surface area contributed by atoms with E-state index in [2.05, 4.69) is 11.1 Å². The van der Waals surface area contributed by atoms with Crippen LogP contribution in [-0.2, 0) is 11.2 Å². The highest BCUT2D eigenvalue weighted by Gasteiger charge is 2.34. The summed E-state index contributed by atoms with van der Waals surface area (Å²) in [5.41, 5.74) is 2.42. The third kappa shape index (κ3) is 1.51. The lowest BCUT2D eigenvalue weighted by atomic mass is 9.70. The van der Waals surface area contributed by atoms with Crippen LogP contribution in [-0.4, -0.2) is 17.9 Å². The van der Waals surface area contributed by atoms with Crippen molar-refractivity contribution >= 4 is 5.78 Å². The van der Waals surface area contributed by atoms with Gasteiger partial charge in [-0.15, -0.1) is 0 Å². The highest BCUT2D eigenvalue weighted by atomic mass is 16.5. The number of aromatic nitrogens is 1. The average molecular weight is 217 g/mol. The molecule has 1 aromatic heterocycles. The molecule has 84 valence electrons. The molecule has 0 aromatic carbocycles. The zero-order valence-corrected chi connectivity index (χ0v) is 9.40. The second kappa shape index (κ2) is 3.58. The van der Waals surface area contributed by atoms with Gasteiger partial charge in [-0.2, -0.15) is 0 Å². The van der Waals surface area contributed by atoms with Crippen molar-refractivity contribution in [2.24, 2.45) is 5.92 Å². The fraction of sp³-hybridized carbons (Fsp3) is 0.538. The van der Waals surface area contributed by atoms with Crippen LogP contribution in [0.4, 0.5) is 0 Å². The molecule has 3 nitrogen and oxygen atoms in total. The quantitative estimate of drug-likeness (QED) is 0.723. The summed E-state index contributed by atoms with van der Waals surface area (Å²) >= 11 is 0. The molecule has 0 amide bonds. The fourth-order valence-corrected chi connectivity index (χ4v) is 3.06. The van der Waals surface area contributed by atoms with Gasteiger partial charge in [-0.25, -0.2) is 4.98 Å². The van der Waals surface area contributed by atoms with Crippen molar-refractivity contribution in [3.05, 3.63) is 23.4 Å². The molecule has 0 unspecified atom stereocenters. The van der Waals surface area contributed by atoms with Crippen molar-refractivity contribution in [1.82, 2.24) is 4.98 Å². The molecule has 0 spiro atoms. The van der Waals surface area contributed by atoms with Crippen LogP contribution in [0, 0.1) is 5.92 Å². The van der Waals surface area contributed by atoms with Crippen molar-refractivity contribution < 1.29 is 9.53 Å². The molecule has 1 fully saturated rings. The van der Waals surface area contributed by atoms with Crippen LogP contribution in [0.15, 0.2) is 12.1 Å². The number of fused-ring (bicyclic) bond motifs is 4. The number of hydrogen-bond acceptors (Lipinski definition) is 3. The highest BCUT2D eigenvalue weighted by Crippen LogP contribution is 2.42. The first-order valence-corrected chi connectivity index (χ1v) is 5.81. The number of pyridine rings is 1. The maximum Gasteiger partial charge on any atom is 0.213 e. The average Bonchev–Trinajstić information content (AvgIpc) is 2.27. The lowest BCUT2D eigenvalue weighted by Gasteiger charge is -2.34. The van der Waals surface area contributed by atoms with Gasteiger partial charge in [0.1, 0.15) is 5.78 Å². The molecule has 3 heteroatoms. The molecule has 0 radical (unpaired) electrons. The summed E-state index contributed by atoms with van der Waals surface area (Å²) in [4.78, 5) is 16.1. The minimum Gasteiger partial charge on any atom is -0.481 e. The van der Waals surface area contributed by atoms with Crippen molar-refractivity contribution in [3.63, 3.8) is 0 Å². The molecule has 2 aliphatic rings. The maximum absolute atomic E-state index is 11.6. The highest BCUT2D eigenvalue weighted by molar-refractivity contribution is 5.81. The molecular formula is C13H15NO2. The third-order valence-corrected chi connectivity index (χ3v) is 3.72. The van der Waals surface area contributed by atoms with Gasteiger partial charge in [0.05, 0.1) is 7.11 Å². The normalized spacial score (nSPS) is 27.4. The Bertz CT molecular complexity index is 442. The molecular weight excluding hydrogens is 202 g/mol. The van der Waals surface area contributed by atoms with Crippen LogP contribution < -0.4 is 4.74 Å². The van der Waals surface area contributed by atoms with Crippen molar-refractivity contribution in [1.29, 1.82) is 0 Å². The maximum atomic E-state index is 11.6. The molecule has 16 heavy (non-hydrogen) atoms. The van der Waals surface area contributed by atoms with E-state index in [0.29, 0.717) is 29.9 Å². The summed E-state index contributed by atoms with van der Waals surface area (Å²) < 4.78 is 5.15. The van der Waals surface area contributed by atoms with Crippen molar-refractivity contribution in [2.75, 3.05) is 7.11 Å². The number of rotatable bonds is 1. The Kier molecular flexibility index (Phi) is 2.20. The van der Waals surface area contributed by atoms with E-state index in [1.54, 1.807) is 7.11 Å². The van der Waals surface area contributed by atoms with Crippen LogP contribution in [0.5, 0.6) is 5.88 Å². The van der Waals surface area contributed by atoms with Gasteiger partial charge in [-0.05, 0) is 30.2 Å². The Hall–Kier alpha value is -1.38. The monoisotopic (exact) mass is 217 g/mol. The van der Waals surface area contributed by atoms with Crippen LogP contribution in [0.3, 0.4) is 0 Å². The number of carbonyl (C=O) groups is 1. The van der Waals surface area contributed by atoms with Gasteiger partial charge in [0.25, 0.3) is 0 Å². The molecule has 1 aromatic rings. The topological polar surface area (TPSA) is 39.2 Å². The molecule has 1 heterocycles. The second-order valence-corrected chi connectivity index (χ2v) is 4.84. The van der Waals surface area contributed by atoms with Gasteiger partial charge in [-0.3, -0.25) is 4.79 Å². The fourth-order valence-electron chi connectivity index (χ4n) is 3.06. The molecule has 2 atom stereocenters. The van der Waals surface area contributed by atoms with Gasteiger partial charge >= 0.3 is 0 Å². The van der Waals surface area contributed by atoms with Gasteiger partial charge in [0.15, 0.2) is 0 Å². The van der Waals surface area contributed by atoms with E-state index in [0.717, 1.165) is 25.0 Å². The molecule has 3 rings (SSSR count). The lowest BCUT2D eigenvalue weighted by molar-refractivity contribution is -0.122. The van der Waals surface area contributed by atoms with Gasteiger partial charge in [0.2, 0.25) is 5.88 Å². The number of nitrogens with zero attached hydrogens (tertiary/aromatic N) is 1. The summed E-state index contributed by atoms with van der Waals surface area (Å²) in [6, 6.07) is 3.99. The standard InChI is InChI=1S/C13H15NO2/c1-16-13-3-2-11-9-4-8(5-10(15)7-9)6-12(11)14-13/h2-3,8-9H,4-7H2,1H3/t8-,9-/m0/s1. The van der Waals surface area contributed by atoms with E-state index >= 15 is 0 Å². The zero-order chi connectivity index (χ0) is 11.1. The Morgan fingerprint density at radius 2 is 2.19 bits per heavy atom. The van der Waals surface area contributed by atoms with E-state index in [1.807, 2.05) is 6.07 Å². The summed E-state index contributed by atoms with van der Waals surface area (Å²) in [7, 11) is 1.64. The number of hydrogen-bond donors (Lipinski definition) is 0. The predicted molar refractivity (Wildman–Crippen MR) is 59.6 cm³/mol. The first-order chi connectivity index (χ1) is 7.76. The second-order valence-electron chi connectivity index (χ2n) is 4.84. The number of ketones is 1. The Balaban J connectivity index is 2.01. The molecule has 0 saturated heterocycles. The zero-order valence-electron chi connectivity index (χ0n) is 9.40. The lowest BCUT2D eigenvalue weighted by Crippen LogP contribution is -2.29. The SMILES string of the molecule is COc1ccc2c(n1)C[C@@H]1CC(=O)C[C@@H]2C1. The molecule has 2 aliphatic carbocycles. The van der Waals surface area contributed by atoms with Crippen molar-refractivity contribution in [3.8, 4) is 5.88 Å². The van der Waals surface area contributed by atoms with Crippen LogP contribution in [0.1, 0.15) is 36.4 Å². The molecule has 2 bridgehead atoms. The largest absolute Gasteiger partial charge is 0.481 e. The van der Waals surface area contributed by atoms with Crippen LogP contribution >= 0.6 is 0 Å². The summed E-state index contributed by atoms with van der Waals surface area (Å²) in [6.07, 6.45) is 3.55. The minimum atomic E-state index is 0.411. The molecule has 0 N–H and O–H groups in total. The van der Waals surface area contributed by atoms with Gasteiger partial charge in [0, 0.05) is 24.6 Å². The van der Waals surface area contributed by atoms with E-state index in [4.69, 9.17) is 4.74 Å². The number of methoxy groups -OCH3 is 1. The van der Waals surface area contributed by atoms with Crippen LogP contribution in [0.2, 0.25) is 0 Å². The van der Waals surface area contributed by atoms with E-state index in [1.165, 1.54) is 5.56 Å². The Morgan fingerprint density at radius 3 is 3.00 bits per heavy atom. The first kappa shape index (κ1) is 9.82. The molecule has 0 aliphatic heterocycles. The Labute approximate surface area is 94.8 Å². The summed E-state index contributed by atoms with van der Waals surface area (Å²) in [5.74, 6) is 2.03. The summed E-state index contributed by atoms with van der Waals surface area (Å²) in [5, 5.41) is 0. The van der Waals surface area contributed by atoms with E-state index in [-0.39, 0.29) is 0 Å². The van der Waals surface area contributed by atoms with Crippen molar-refractivity contribution in [2.45, 2.75) is 31.6 Å². The summed E-state index contributed by atoms with van der Waals surface area (Å²) in [6.45, 7) is 0. The van der Waals surface area contributed by atoms with Gasteiger partial charge < -0.3 is 4.74 Å². The number of carbonyl (C=O) groups excluding carboxylic acids is 1. The first-order valence-electron chi connectivity index (χ1n) is 5.81. The van der Waals surface area contributed by atoms with E-state index < -0.39 is 0 Å². The van der Waals surface area contributed by atoms with Crippen LogP contribution in [0.25, 0.3) is 0 Å². The molecule has 1 saturated carbocycles. The third-order valence-electron chi connectivity index (χ3n) is 3.72. The smallest absolute Gasteiger partial charge is 0.213 e. The Morgan fingerprint density at radius 1 is 1.31 bits per heavy atom. The minimum absolute atomic E-state index is 0.411. The number of Topliss-reactive ketones (excluding diaryl/α,β-unsaturated/α-hetero) is 1.